The van der Waals surface area contributed by atoms with Gasteiger partial charge in [0.25, 0.3) is 5.91 Å². The Morgan fingerprint density at radius 1 is 1.11 bits per heavy atom. The number of methoxy groups -OCH3 is 1. The maximum atomic E-state index is 11.7. The lowest BCUT2D eigenvalue weighted by Gasteiger charge is -2.35. The van der Waals surface area contributed by atoms with Crippen molar-refractivity contribution in [1.82, 2.24) is 15.1 Å². The van der Waals surface area contributed by atoms with Crippen molar-refractivity contribution in [2.75, 3.05) is 33.8 Å². The number of nitrogens with one attached hydrogen (secondary N) is 1. The van der Waals surface area contributed by atoms with E-state index < -0.39 is 0 Å². The van der Waals surface area contributed by atoms with Gasteiger partial charge >= 0.3 is 0 Å². The SMILES string of the molecule is CNC(=O)c1ccc(CN2C[C@H]3CC[C@@H]2CN(Cc2ccc(OC)cc2)C3)o1. The molecule has 3 aliphatic rings. The first kappa shape index (κ1) is 19.0. The van der Waals surface area contributed by atoms with Crippen LogP contribution in [0.3, 0.4) is 0 Å². The summed E-state index contributed by atoms with van der Waals surface area (Å²) in [5, 5.41) is 2.61. The standard InChI is InChI=1S/C22H29N3O3/c1-23-22(26)21-10-9-20(28-21)15-25-13-17-3-6-18(25)14-24(12-17)11-16-4-7-19(27-2)8-5-16/h4-5,7-10,17-18H,3,6,11-15H2,1-2H3,(H,23,26)/t17-,18+/m0/s1. The van der Waals surface area contributed by atoms with Crippen molar-refractivity contribution < 1.29 is 13.9 Å². The van der Waals surface area contributed by atoms with E-state index in [1.807, 2.05) is 18.2 Å². The minimum absolute atomic E-state index is 0.172. The van der Waals surface area contributed by atoms with Gasteiger partial charge in [0.1, 0.15) is 11.5 Å². The Labute approximate surface area is 166 Å². The molecule has 3 aliphatic heterocycles. The van der Waals surface area contributed by atoms with E-state index in [9.17, 15) is 4.79 Å². The number of carbonyl (C=O) groups excluding carboxylic acids is 1. The average molecular weight is 383 g/mol. The van der Waals surface area contributed by atoms with Crippen LogP contribution in [-0.2, 0) is 13.1 Å². The fourth-order valence-corrected chi connectivity index (χ4v) is 4.50. The van der Waals surface area contributed by atoms with Gasteiger partial charge in [0, 0.05) is 39.3 Å². The molecule has 0 saturated carbocycles. The van der Waals surface area contributed by atoms with Crippen LogP contribution in [0.2, 0.25) is 0 Å². The summed E-state index contributed by atoms with van der Waals surface area (Å²) in [6, 6.07) is 12.6. The second-order valence-electron chi connectivity index (χ2n) is 7.91. The Morgan fingerprint density at radius 2 is 1.93 bits per heavy atom. The Bertz CT molecular complexity index is 802. The molecule has 5 rings (SSSR count). The molecule has 0 radical (unpaired) electrons. The summed E-state index contributed by atoms with van der Waals surface area (Å²) >= 11 is 0. The molecule has 1 aromatic carbocycles. The zero-order chi connectivity index (χ0) is 19.5. The van der Waals surface area contributed by atoms with Crippen molar-refractivity contribution in [2.24, 2.45) is 5.92 Å². The number of amides is 1. The lowest BCUT2D eigenvalue weighted by Crippen LogP contribution is -2.43. The summed E-state index contributed by atoms with van der Waals surface area (Å²) in [5.41, 5.74) is 1.33. The molecule has 1 N–H and O–H groups in total. The Morgan fingerprint density at radius 3 is 2.68 bits per heavy atom. The van der Waals surface area contributed by atoms with E-state index in [0.717, 1.165) is 44.2 Å². The molecule has 28 heavy (non-hydrogen) atoms. The summed E-state index contributed by atoms with van der Waals surface area (Å²) < 4.78 is 11.0. The molecule has 0 spiro atoms. The molecule has 6 heteroatoms. The molecule has 0 unspecified atom stereocenters. The van der Waals surface area contributed by atoms with E-state index in [1.54, 1.807) is 20.2 Å². The number of hydrogen-bond acceptors (Lipinski definition) is 5. The number of benzene rings is 1. The van der Waals surface area contributed by atoms with Gasteiger partial charge < -0.3 is 14.5 Å². The van der Waals surface area contributed by atoms with Crippen molar-refractivity contribution in [1.29, 1.82) is 0 Å². The summed E-state index contributed by atoms with van der Waals surface area (Å²) in [4.78, 5) is 16.8. The zero-order valence-electron chi connectivity index (χ0n) is 16.7. The lowest BCUT2D eigenvalue weighted by atomic mass is 9.95. The molecule has 0 aliphatic carbocycles. The summed E-state index contributed by atoms with van der Waals surface area (Å²) in [6.07, 6.45) is 2.52. The molecular formula is C22H29N3O3. The van der Waals surface area contributed by atoms with Gasteiger partial charge in [-0.2, -0.15) is 0 Å². The van der Waals surface area contributed by atoms with Crippen LogP contribution in [-0.4, -0.2) is 55.5 Å². The molecule has 6 nitrogen and oxygen atoms in total. The number of carbonyl (C=O) groups is 1. The van der Waals surface area contributed by atoms with Crippen LogP contribution < -0.4 is 10.1 Å². The molecule has 2 bridgehead atoms. The van der Waals surface area contributed by atoms with Crippen molar-refractivity contribution in [3.8, 4) is 5.75 Å². The number of rotatable bonds is 6. The molecule has 2 aromatic rings. The van der Waals surface area contributed by atoms with Crippen LogP contribution in [0.15, 0.2) is 40.8 Å². The van der Waals surface area contributed by atoms with Crippen molar-refractivity contribution in [3.05, 3.63) is 53.5 Å². The van der Waals surface area contributed by atoms with Gasteiger partial charge in [0.05, 0.1) is 13.7 Å². The maximum Gasteiger partial charge on any atom is 0.286 e. The topological polar surface area (TPSA) is 58.0 Å². The Kier molecular flexibility index (Phi) is 5.69. The van der Waals surface area contributed by atoms with Crippen molar-refractivity contribution in [2.45, 2.75) is 32.0 Å². The second kappa shape index (κ2) is 8.37. The summed E-state index contributed by atoms with van der Waals surface area (Å²) in [7, 11) is 3.32. The van der Waals surface area contributed by atoms with Crippen LogP contribution in [0.25, 0.3) is 0 Å². The fourth-order valence-electron chi connectivity index (χ4n) is 4.50. The van der Waals surface area contributed by atoms with Crippen LogP contribution in [0.4, 0.5) is 0 Å². The highest BCUT2D eigenvalue weighted by Gasteiger charge is 2.35. The molecule has 150 valence electrons. The van der Waals surface area contributed by atoms with E-state index in [1.165, 1.54) is 18.4 Å². The first-order valence-corrected chi connectivity index (χ1v) is 10.0. The molecule has 3 fully saturated rings. The van der Waals surface area contributed by atoms with Crippen LogP contribution in [0, 0.1) is 5.92 Å². The number of nitrogens with zero attached hydrogens (tertiary/aromatic N) is 2. The highest BCUT2D eigenvalue weighted by molar-refractivity contribution is 5.91. The summed E-state index contributed by atoms with van der Waals surface area (Å²) in [5.74, 6) is 2.67. The van der Waals surface area contributed by atoms with Crippen LogP contribution in [0.5, 0.6) is 5.75 Å². The third kappa shape index (κ3) is 4.23. The largest absolute Gasteiger partial charge is 0.497 e. The van der Waals surface area contributed by atoms with E-state index in [0.29, 0.717) is 17.7 Å². The average Bonchev–Trinajstić information content (AvgIpc) is 3.01. The predicted octanol–water partition coefficient (Wildman–Crippen LogP) is 2.74. The predicted molar refractivity (Wildman–Crippen MR) is 107 cm³/mol. The normalized spacial score (nSPS) is 22.8. The molecule has 2 atom stereocenters. The second-order valence-corrected chi connectivity index (χ2v) is 7.91. The fraction of sp³-hybridized carbons (Fsp3) is 0.500. The minimum atomic E-state index is -0.172. The molecular weight excluding hydrogens is 354 g/mol. The molecule has 1 amide bonds. The number of furan rings is 1. The zero-order valence-corrected chi connectivity index (χ0v) is 16.7. The third-order valence-corrected chi connectivity index (χ3v) is 5.94. The van der Waals surface area contributed by atoms with Crippen molar-refractivity contribution in [3.63, 3.8) is 0 Å². The number of fused-ring (bicyclic) bond motifs is 4. The highest BCUT2D eigenvalue weighted by Crippen LogP contribution is 2.30. The molecule has 1 aromatic heterocycles. The first-order valence-electron chi connectivity index (χ1n) is 10.0. The quantitative estimate of drug-likeness (QED) is 0.831. The van der Waals surface area contributed by atoms with Gasteiger partial charge in [-0.3, -0.25) is 14.6 Å². The van der Waals surface area contributed by atoms with Gasteiger partial charge in [0.2, 0.25) is 0 Å². The van der Waals surface area contributed by atoms with Gasteiger partial charge in [-0.15, -0.1) is 0 Å². The van der Waals surface area contributed by atoms with Gasteiger partial charge in [-0.25, -0.2) is 0 Å². The van der Waals surface area contributed by atoms with Gasteiger partial charge in [0.15, 0.2) is 5.76 Å². The minimum Gasteiger partial charge on any atom is -0.497 e. The Balaban J connectivity index is 1.40. The molecule has 4 heterocycles. The van der Waals surface area contributed by atoms with E-state index in [2.05, 4.69) is 27.2 Å². The molecule has 3 saturated heterocycles. The van der Waals surface area contributed by atoms with Gasteiger partial charge in [-0.1, -0.05) is 12.1 Å². The number of piperidine rings is 1. The smallest absolute Gasteiger partial charge is 0.286 e. The highest BCUT2D eigenvalue weighted by atomic mass is 16.5. The van der Waals surface area contributed by atoms with Crippen molar-refractivity contribution >= 4 is 5.91 Å². The number of hydrogen-bond donors (Lipinski definition) is 1. The number of ether oxygens (including phenoxy) is 1. The van der Waals surface area contributed by atoms with E-state index in [4.69, 9.17) is 9.15 Å². The van der Waals surface area contributed by atoms with E-state index >= 15 is 0 Å². The summed E-state index contributed by atoms with van der Waals surface area (Å²) in [6.45, 7) is 5.06. The van der Waals surface area contributed by atoms with E-state index in [-0.39, 0.29) is 5.91 Å². The maximum absolute atomic E-state index is 11.7. The van der Waals surface area contributed by atoms with Crippen LogP contribution >= 0.6 is 0 Å². The third-order valence-electron chi connectivity index (χ3n) is 5.94. The monoisotopic (exact) mass is 383 g/mol. The first-order chi connectivity index (χ1) is 13.6. The Hall–Kier alpha value is -2.31. The van der Waals surface area contributed by atoms with Crippen LogP contribution in [0.1, 0.15) is 34.7 Å². The lowest BCUT2D eigenvalue weighted by molar-refractivity contribution is 0.0920. The van der Waals surface area contributed by atoms with Gasteiger partial charge in [-0.05, 0) is 48.6 Å².